The zero-order valence-corrected chi connectivity index (χ0v) is 16.2. The van der Waals surface area contributed by atoms with E-state index in [1.54, 1.807) is 6.20 Å². The molecule has 0 fully saturated rings. The summed E-state index contributed by atoms with van der Waals surface area (Å²) in [5.41, 5.74) is 5.56. The van der Waals surface area contributed by atoms with Gasteiger partial charge in [-0.2, -0.15) is 10.2 Å². The van der Waals surface area contributed by atoms with Gasteiger partial charge >= 0.3 is 0 Å². The van der Waals surface area contributed by atoms with Gasteiger partial charge in [-0.25, -0.2) is 0 Å². The molecule has 0 spiro atoms. The molecule has 0 aliphatic carbocycles. The fraction of sp³-hybridized carbons (Fsp3) is 0.316. The molecule has 0 saturated heterocycles. The number of nitrogens with zero attached hydrogens (tertiary/aromatic N) is 4. The van der Waals surface area contributed by atoms with E-state index in [0.29, 0.717) is 11.7 Å². The molecule has 0 aliphatic heterocycles. The summed E-state index contributed by atoms with van der Waals surface area (Å²) in [7, 11) is 0. The van der Waals surface area contributed by atoms with Crippen LogP contribution in [0, 0.1) is 13.8 Å². The fourth-order valence-electron chi connectivity index (χ4n) is 2.72. The van der Waals surface area contributed by atoms with Gasteiger partial charge in [0.15, 0.2) is 5.11 Å². The van der Waals surface area contributed by atoms with Crippen LogP contribution in [0.15, 0.2) is 42.9 Å². The Hall–Kier alpha value is -2.67. The quantitative estimate of drug-likeness (QED) is 0.654. The van der Waals surface area contributed by atoms with E-state index in [4.69, 9.17) is 12.2 Å². The Morgan fingerprint density at radius 3 is 2.65 bits per heavy atom. The molecule has 0 amide bonds. The van der Waals surface area contributed by atoms with Gasteiger partial charge in [0, 0.05) is 31.0 Å². The zero-order valence-electron chi connectivity index (χ0n) is 15.4. The lowest BCUT2D eigenvalue weighted by atomic mass is 10.1. The minimum Gasteiger partial charge on any atom is -0.358 e. The highest BCUT2D eigenvalue weighted by Gasteiger charge is 2.06. The number of benzene rings is 1. The lowest BCUT2D eigenvalue weighted by molar-refractivity contribution is 0.653. The Morgan fingerprint density at radius 1 is 1.12 bits per heavy atom. The van der Waals surface area contributed by atoms with Crippen LogP contribution >= 0.6 is 12.2 Å². The summed E-state index contributed by atoms with van der Waals surface area (Å²) in [6, 6.07) is 8.33. The molecule has 0 radical (unpaired) electrons. The van der Waals surface area contributed by atoms with Crippen LogP contribution in [0.25, 0.3) is 0 Å². The van der Waals surface area contributed by atoms with E-state index in [0.717, 1.165) is 30.0 Å². The van der Waals surface area contributed by atoms with Gasteiger partial charge in [0.1, 0.15) is 0 Å². The van der Waals surface area contributed by atoms with Crippen LogP contribution in [0.5, 0.6) is 0 Å². The molecule has 7 heteroatoms. The van der Waals surface area contributed by atoms with Gasteiger partial charge in [0.2, 0.25) is 0 Å². The van der Waals surface area contributed by atoms with Crippen molar-refractivity contribution in [2.24, 2.45) is 0 Å². The van der Waals surface area contributed by atoms with Crippen LogP contribution < -0.4 is 10.6 Å². The minimum absolute atomic E-state index is 0.573. The monoisotopic (exact) mass is 368 g/mol. The van der Waals surface area contributed by atoms with Crippen molar-refractivity contribution in [3.8, 4) is 0 Å². The highest BCUT2D eigenvalue weighted by atomic mass is 32.1. The van der Waals surface area contributed by atoms with Crippen LogP contribution in [0.2, 0.25) is 0 Å². The van der Waals surface area contributed by atoms with E-state index in [1.165, 1.54) is 11.1 Å². The van der Waals surface area contributed by atoms with E-state index in [-0.39, 0.29) is 0 Å². The van der Waals surface area contributed by atoms with Crippen molar-refractivity contribution in [3.63, 3.8) is 0 Å². The van der Waals surface area contributed by atoms with Crippen molar-refractivity contribution in [2.45, 2.75) is 40.4 Å². The molecule has 1 aromatic carbocycles. The average molecular weight is 369 g/mol. The first-order chi connectivity index (χ1) is 12.5. The third-order valence-electron chi connectivity index (χ3n) is 4.30. The Morgan fingerprint density at radius 2 is 1.92 bits per heavy atom. The molecule has 26 heavy (non-hydrogen) atoms. The Labute approximate surface area is 159 Å². The zero-order chi connectivity index (χ0) is 18.5. The summed E-state index contributed by atoms with van der Waals surface area (Å²) < 4.78 is 3.83. The first-order valence-electron chi connectivity index (χ1n) is 8.70. The average Bonchev–Trinajstić information content (AvgIpc) is 3.21. The van der Waals surface area contributed by atoms with Gasteiger partial charge in [-0.3, -0.25) is 9.36 Å². The predicted molar refractivity (Wildman–Crippen MR) is 108 cm³/mol. The highest BCUT2D eigenvalue weighted by Crippen LogP contribution is 2.11. The van der Waals surface area contributed by atoms with Gasteiger partial charge in [-0.1, -0.05) is 24.3 Å². The first kappa shape index (κ1) is 18.1. The fourth-order valence-corrected chi connectivity index (χ4v) is 2.91. The number of aryl methyl sites for hydroxylation is 3. The van der Waals surface area contributed by atoms with E-state index in [9.17, 15) is 0 Å². The highest BCUT2D eigenvalue weighted by molar-refractivity contribution is 7.80. The Balaban J connectivity index is 1.54. The van der Waals surface area contributed by atoms with Crippen LogP contribution in [0.4, 0.5) is 5.69 Å². The van der Waals surface area contributed by atoms with E-state index in [2.05, 4.69) is 46.8 Å². The lowest BCUT2D eigenvalue weighted by Gasteiger charge is -2.08. The summed E-state index contributed by atoms with van der Waals surface area (Å²) in [5.74, 6) is 0. The van der Waals surface area contributed by atoms with Gasteiger partial charge in [0.25, 0.3) is 0 Å². The van der Waals surface area contributed by atoms with Gasteiger partial charge in [0.05, 0.1) is 24.1 Å². The van der Waals surface area contributed by atoms with Crippen molar-refractivity contribution < 1.29 is 0 Å². The second-order valence-corrected chi connectivity index (χ2v) is 6.66. The van der Waals surface area contributed by atoms with Gasteiger partial charge in [-0.15, -0.1) is 0 Å². The molecule has 136 valence electrons. The minimum atomic E-state index is 0.573. The smallest absolute Gasteiger partial charge is 0.171 e. The second-order valence-electron chi connectivity index (χ2n) is 6.26. The van der Waals surface area contributed by atoms with Gasteiger partial charge < -0.3 is 10.6 Å². The van der Waals surface area contributed by atoms with Crippen LogP contribution in [0.1, 0.15) is 29.3 Å². The molecule has 0 atom stereocenters. The number of hydrogen-bond donors (Lipinski definition) is 2. The van der Waals surface area contributed by atoms with Crippen molar-refractivity contribution in [1.29, 1.82) is 0 Å². The largest absolute Gasteiger partial charge is 0.358 e. The number of thiocarbonyl (C=S) groups is 1. The number of nitrogens with one attached hydrogen (secondary N) is 2. The molecule has 2 aromatic heterocycles. The molecule has 0 saturated carbocycles. The number of anilines is 1. The summed E-state index contributed by atoms with van der Waals surface area (Å²) in [4.78, 5) is 0. The normalized spacial score (nSPS) is 10.7. The molecule has 6 nitrogen and oxygen atoms in total. The maximum Gasteiger partial charge on any atom is 0.171 e. The van der Waals surface area contributed by atoms with Crippen LogP contribution in [-0.2, 0) is 19.6 Å². The molecule has 3 rings (SSSR count). The SMILES string of the molecule is CCn1cc(CNC(=S)Nc2cnn(Cc3ccccc3C)c2)c(C)n1. The molecular weight excluding hydrogens is 344 g/mol. The third-order valence-corrected chi connectivity index (χ3v) is 4.54. The molecule has 3 aromatic rings. The van der Waals surface area contributed by atoms with Crippen LogP contribution in [0.3, 0.4) is 0 Å². The number of aromatic nitrogens is 4. The first-order valence-corrected chi connectivity index (χ1v) is 9.10. The summed E-state index contributed by atoms with van der Waals surface area (Å²) in [6.07, 6.45) is 5.79. The topological polar surface area (TPSA) is 59.7 Å². The standard InChI is InChI=1S/C19H24N6S/c1-4-24-12-17(15(3)23-24)9-20-19(26)22-18-10-21-25(13-18)11-16-8-6-5-7-14(16)2/h5-8,10,12-13H,4,9,11H2,1-3H3,(H2,20,22,26). The van der Waals surface area contributed by atoms with Crippen molar-refractivity contribution in [2.75, 3.05) is 5.32 Å². The van der Waals surface area contributed by atoms with E-state index >= 15 is 0 Å². The Kier molecular flexibility index (Phi) is 5.68. The third kappa shape index (κ3) is 4.49. The maximum atomic E-state index is 5.39. The summed E-state index contributed by atoms with van der Waals surface area (Å²) in [5, 5.41) is 15.8. The predicted octanol–water partition coefficient (Wildman–Crippen LogP) is 3.25. The summed E-state index contributed by atoms with van der Waals surface area (Å²) >= 11 is 5.39. The molecule has 0 aliphatic rings. The summed E-state index contributed by atoms with van der Waals surface area (Å²) in [6.45, 7) is 8.45. The lowest BCUT2D eigenvalue weighted by Crippen LogP contribution is -2.27. The van der Waals surface area contributed by atoms with Crippen molar-refractivity contribution in [3.05, 3.63) is 65.2 Å². The Bertz CT molecular complexity index is 895. The maximum absolute atomic E-state index is 5.39. The number of rotatable bonds is 6. The van der Waals surface area contributed by atoms with E-state index in [1.807, 2.05) is 40.8 Å². The van der Waals surface area contributed by atoms with Gasteiger partial charge in [-0.05, 0) is 44.1 Å². The second kappa shape index (κ2) is 8.14. The van der Waals surface area contributed by atoms with E-state index < -0.39 is 0 Å². The van der Waals surface area contributed by atoms with Crippen LogP contribution in [-0.4, -0.2) is 24.7 Å². The molecule has 2 N–H and O–H groups in total. The molecular formula is C19H24N6S. The molecule has 0 unspecified atom stereocenters. The molecule has 0 bridgehead atoms. The van der Waals surface area contributed by atoms with Crippen molar-refractivity contribution in [1.82, 2.24) is 24.9 Å². The van der Waals surface area contributed by atoms with Crippen molar-refractivity contribution >= 4 is 23.0 Å². The molecule has 2 heterocycles. The number of hydrogen-bond acceptors (Lipinski definition) is 3.